The van der Waals surface area contributed by atoms with Gasteiger partial charge in [-0.1, -0.05) is 30.9 Å². The molecule has 3 amide bonds. The van der Waals surface area contributed by atoms with Gasteiger partial charge >= 0.3 is 6.03 Å². The highest BCUT2D eigenvalue weighted by molar-refractivity contribution is 6.30. The maximum Gasteiger partial charge on any atom is 0.317 e. The van der Waals surface area contributed by atoms with Crippen molar-refractivity contribution in [3.63, 3.8) is 0 Å². The van der Waals surface area contributed by atoms with Crippen molar-refractivity contribution < 1.29 is 19.1 Å². The van der Waals surface area contributed by atoms with Crippen molar-refractivity contribution in [3.05, 3.63) is 64.3 Å². The number of urea groups is 1. The molecule has 0 spiro atoms. The summed E-state index contributed by atoms with van der Waals surface area (Å²) >= 11 is 6.03. The van der Waals surface area contributed by atoms with E-state index in [9.17, 15) is 14.4 Å². The predicted molar refractivity (Wildman–Crippen MR) is 152 cm³/mol. The summed E-state index contributed by atoms with van der Waals surface area (Å²) in [5, 5.41) is 4.54. The van der Waals surface area contributed by atoms with Gasteiger partial charge < -0.3 is 19.9 Å². The van der Waals surface area contributed by atoms with Crippen molar-refractivity contribution in [2.45, 2.75) is 51.5 Å². The first-order chi connectivity index (χ1) is 18.9. The number of rotatable bonds is 5. The summed E-state index contributed by atoms with van der Waals surface area (Å²) in [4.78, 5) is 43.4. The maximum atomic E-state index is 13.5. The van der Waals surface area contributed by atoms with Crippen LogP contribution in [0.5, 0.6) is 5.75 Å². The van der Waals surface area contributed by atoms with E-state index in [4.69, 9.17) is 16.3 Å². The van der Waals surface area contributed by atoms with Gasteiger partial charge in [0.2, 0.25) is 5.91 Å². The lowest BCUT2D eigenvalue weighted by Gasteiger charge is -2.36. The first-order valence-electron chi connectivity index (χ1n) is 13.7. The number of piperazine rings is 1. The molecule has 1 saturated carbocycles. The Kier molecular flexibility index (Phi) is 8.12. The minimum Gasteiger partial charge on any atom is -0.497 e. The van der Waals surface area contributed by atoms with E-state index >= 15 is 0 Å². The second-order valence-electron chi connectivity index (χ2n) is 10.4. The van der Waals surface area contributed by atoms with Gasteiger partial charge in [0.15, 0.2) is 0 Å². The average Bonchev–Trinajstić information content (AvgIpc) is 3.23. The molecule has 39 heavy (non-hydrogen) atoms. The van der Waals surface area contributed by atoms with Gasteiger partial charge in [-0.15, -0.1) is 0 Å². The number of hydrogen-bond acceptors (Lipinski definition) is 4. The smallest absolute Gasteiger partial charge is 0.317 e. The Morgan fingerprint density at radius 2 is 1.62 bits per heavy atom. The molecule has 3 aromatic rings. The fourth-order valence-corrected chi connectivity index (χ4v) is 5.86. The monoisotopic (exact) mass is 550 g/mol. The number of hydrogen-bond donors (Lipinski definition) is 1. The Morgan fingerprint density at radius 1 is 0.949 bits per heavy atom. The van der Waals surface area contributed by atoms with E-state index in [1.807, 2.05) is 34.9 Å². The summed E-state index contributed by atoms with van der Waals surface area (Å²) in [7, 11) is 1.60. The van der Waals surface area contributed by atoms with Gasteiger partial charge in [-0.3, -0.25) is 14.2 Å². The Labute approximate surface area is 233 Å². The topological polar surface area (TPSA) is 83.9 Å². The number of fused-ring (bicyclic) bond motifs is 1. The number of carbonyl (C=O) groups is 3. The van der Waals surface area contributed by atoms with Crippen LogP contribution < -0.4 is 10.1 Å². The zero-order valence-corrected chi connectivity index (χ0v) is 23.3. The molecule has 8 nitrogen and oxygen atoms in total. The van der Waals surface area contributed by atoms with Crippen LogP contribution in [-0.4, -0.2) is 71.5 Å². The molecule has 1 aliphatic heterocycles. The van der Waals surface area contributed by atoms with Crippen LogP contribution in [0.15, 0.2) is 42.5 Å². The Balaban J connectivity index is 1.32. The average molecular weight is 551 g/mol. The molecule has 0 bridgehead atoms. The molecule has 1 saturated heterocycles. The Bertz CT molecular complexity index is 1370. The molecule has 2 fully saturated rings. The normalized spacial score (nSPS) is 16.4. The van der Waals surface area contributed by atoms with Crippen molar-refractivity contribution in [2.24, 2.45) is 0 Å². The van der Waals surface area contributed by atoms with Crippen LogP contribution in [0.25, 0.3) is 10.9 Å². The van der Waals surface area contributed by atoms with E-state index in [-0.39, 0.29) is 30.3 Å². The first-order valence-corrected chi connectivity index (χ1v) is 14.0. The van der Waals surface area contributed by atoms with Gasteiger partial charge in [0.05, 0.1) is 19.0 Å². The highest BCUT2D eigenvalue weighted by atomic mass is 35.5. The molecule has 2 aromatic carbocycles. The molecule has 5 rings (SSSR count). The van der Waals surface area contributed by atoms with Crippen LogP contribution in [0.1, 0.15) is 53.7 Å². The number of amides is 3. The summed E-state index contributed by atoms with van der Waals surface area (Å²) in [5.74, 6) is 0.451. The number of nitrogens with one attached hydrogen (secondary N) is 1. The van der Waals surface area contributed by atoms with Gasteiger partial charge in [0.25, 0.3) is 5.91 Å². The number of nitrogens with zero attached hydrogens (tertiary/aromatic N) is 3. The highest BCUT2D eigenvalue weighted by Gasteiger charge is 2.28. The molecular weight excluding hydrogens is 516 g/mol. The van der Waals surface area contributed by atoms with Crippen molar-refractivity contribution in [2.75, 3.05) is 33.3 Å². The quantitative estimate of drug-likeness (QED) is 0.483. The lowest BCUT2D eigenvalue weighted by molar-refractivity contribution is -0.131. The standard InChI is InChI=1S/C30H35ClN4O4/c1-20-25(19-28(36)33-14-16-34(17-15-33)30(38)32-23-6-4-3-5-7-23)26-18-24(39-2)12-13-27(26)35(20)29(37)21-8-10-22(31)11-9-21/h8-13,18,23H,3-7,14-17,19H2,1-2H3,(H,32,38). The van der Waals surface area contributed by atoms with Crippen LogP contribution in [0.4, 0.5) is 4.79 Å². The molecule has 9 heteroatoms. The van der Waals surface area contributed by atoms with Crippen LogP contribution in [0, 0.1) is 6.92 Å². The van der Waals surface area contributed by atoms with E-state index < -0.39 is 0 Å². The number of benzene rings is 2. The van der Waals surface area contributed by atoms with Gasteiger partial charge in [-0.25, -0.2) is 4.79 Å². The van der Waals surface area contributed by atoms with E-state index in [0.717, 1.165) is 35.0 Å². The van der Waals surface area contributed by atoms with Crippen molar-refractivity contribution in [1.82, 2.24) is 19.7 Å². The molecule has 2 heterocycles. The molecule has 1 aromatic heterocycles. The van der Waals surface area contributed by atoms with Crippen LogP contribution in [-0.2, 0) is 11.2 Å². The molecule has 206 valence electrons. The van der Waals surface area contributed by atoms with Crippen LogP contribution >= 0.6 is 11.6 Å². The SMILES string of the molecule is COc1ccc2c(c1)c(CC(=O)N1CCN(C(=O)NC3CCCCC3)CC1)c(C)n2C(=O)c1ccc(Cl)cc1. The largest absolute Gasteiger partial charge is 0.497 e. The van der Waals surface area contributed by atoms with Crippen molar-refractivity contribution in [1.29, 1.82) is 0 Å². The fourth-order valence-electron chi connectivity index (χ4n) is 5.73. The van der Waals surface area contributed by atoms with Gasteiger partial charge in [0.1, 0.15) is 5.75 Å². The molecule has 0 atom stereocenters. The molecule has 2 aliphatic rings. The van der Waals surface area contributed by atoms with Crippen molar-refractivity contribution >= 4 is 40.3 Å². The minimum atomic E-state index is -0.185. The van der Waals surface area contributed by atoms with E-state index in [2.05, 4.69) is 5.32 Å². The Morgan fingerprint density at radius 3 is 2.28 bits per heavy atom. The zero-order valence-electron chi connectivity index (χ0n) is 22.5. The lowest BCUT2D eigenvalue weighted by Crippen LogP contribution is -2.55. The third-order valence-electron chi connectivity index (χ3n) is 8.02. The number of halogens is 1. The number of ether oxygens (including phenoxy) is 1. The van der Waals surface area contributed by atoms with Gasteiger partial charge in [-0.05, 0) is 67.8 Å². The van der Waals surface area contributed by atoms with Crippen molar-refractivity contribution in [3.8, 4) is 5.75 Å². The van der Waals surface area contributed by atoms with E-state index in [0.29, 0.717) is 42.5 Å². The highest BCUT2D eigenvalue weighted by Crippen LogP contribution is 2.31. The molecule has 0 unspecified atom stereocenters. The number of methoxy groups -OCH3 is 1. The van der Waals surface area contributed by atoms with E-state index in [1.165, 1.54) is 19.3 Å². The summed E-state index contributed by atoms with van der Waals surface area (Å²) in [6.07, 6.45) is 5.82. The van der Waals surface area contributed by atoms with E-state index in [1.54, 1.807) is 35.9 Å². The lowest BCUT2D eigenvalue weighted by atomic mass is 9.96. The molecule has 0 radical (unpaired) electrons. The number of carbonyl (C=O) groups excluding carboxylic acids is 3. The molecular formula is C30H35ClN4O4. The summed E-state index contributed by atoms with van der Waals surface area (Å²) < 4.78 is 7.11. The Hall–Kier alpha value is -3.52. The summed E-state index contributed by atoms with van der Waals surface area (Å²) in [6, 6.07) is 12.6. The second-order valence-corrected chi connectivity index (χ2v) is 10.9. The van der Waals surface area contributed by atoms with Crippen LogP contribution in [0.3, 0.4) is 0 Å². The summed E-state index contributed by atoms with van der Waals surface area (Å²) in [5.41, 5.74) is 2.75. The first kappa shape index (κ1) is 27.1. The fraction of sp³-hybridized carbons (Fsp3) is 0.433. The predicted octanol–water partition coefficient (Wildman–Crippen LogP) is 5.03. The van der Waals surface area contributed by atoms with Gasteiger partial charge in [0, 0.05) is 53.9 Å². The third-order valence-corrected chi connectivity index (χ3v) is 8.27. The zero-order chi connectivity index (χ0) is 27.5. The van der Waals surface area contributed by atoms with Crippen LogP contribution in [0.2, 0.25) is 5.02 Å². The van der Waals surface area contributed by atoms with Gasteiger partial charge in [-0.2, -0.15) is 0 Å². The maximum absolute atomic E-state index is 13.5. The number of aromatic nitrogens is 1. The second kappa shape index (κ2) is 11.7. The summed E-state index contributed by atoms with van der Waals surface area (Å²) in [6.45, 7) is 3.86. The molecule has 1 N–H and O–H groups in total. The molecule has 1 aliphatic carbocycles. The third kappa shape index (κ3) is 5.76. The minimum absolute atomic E-state index is 0.0220.